The Hall–Kier alpha value is -3.49. The average Bonchev–Trinajstić information content (AvgIpc) is 3.37. The number of fused-ring (bicyclic) bond motifs is 2. The lowest BCUT2D eigenvalue weighted by atomic mass is 10.1. The molecule has 0 saturated heterocycles. The van der Waals surface area contributed by atoms with Gasteiger partial charge in [-0.3, -0.25) is 19.1 Å². The molecule has 0 saturated carbocycles. The van der Waals surface area contributed by atoms with Crippen LogP contribution in [-0.2, 0) is 7.05 Å². The zero-order valence-electron chi connectivity index (χ0n) is 16.5. The molecule has 5 rings (SSSR count). The quantitative estimate of drug-likeness (QED) is 0.460. The molecule has 4 aromatic rings. The Labute approximate surface area is 185 Å². The van der Waals surface area contributed by atoms with E-state index in [1.54, 1.807) is 41.1 Å². The molecule has 2 aromatic heterocycles. The Kier molecular flexibility index (Phi) is 4.42. The lowest BCUT2D eigenvalue weighted by molar-refractivity contribution is 0.0924. The number of rotatable bonds is 3. The smallest absolute Gasteiger partial charge is 0.266 e. The van der Waals surface area contributed by atoms with E-state index in [-0.39, 0.29) is 16.6 Å². The molecule has 0 radical (unpaired) electrons. The molecule has 0 atom stereocenters. The highest BCUT2D eigenvalue weighted by atomic mass is 35.5. The van der Waals surface area contributed by atoms with Gasteiger partial charge in [0, 0.05) is 18.1 Å². The standard InChI is InChI=1S/C22H15ClN4O3S/c1-11-15-10-18(31-22(15)26(2)25-11)19(28)24-12-7-8-17(16(23)9-12)27-20(29)13-5-3-4-6-14(13)21(27)30/h3-10H,1-2H3,(H,24,28). The van der Waals surface area contributed by atoms with Gasteiger partial charge in [-0.2, -0.15) is 5.10 Å². The second-order valence-corrected chi connectivity index (χ2v) is 8.59. The third-order valence-corrected chi connectivity index (χ3v) is 6.66. The van der Waals surface area contributed by atoms with Gasteiger partial charge in [0.15, 0.2) is 0 Å². The first-order valence-electron chi connectivity index (χ1n) is 9.37. The molecular weight excluding hydrogens is 436 g/mol. The number of halogens is 1. The van der Waals surface area contributed by atoms with Gasteiger partial charge in [0.2, 0.25) is 0 Å². The molecule has 0 bridgehead atoms. The monoisotopic (exact) mass is 450 g/mol. The molecule has 154 valence electrons. The predicted octanol–water partition coefficient (Wildman–Crippen LogP) is 4.65. The summed E-state index contributed by atoms with van der Waals surface area (Å²) in [6.45, 7) is 1.90. The molecule has 9 heteroatoms. The van der Waals surface area contributed by atoms with Crippen molar-refractivity contribution in [1.82, 2.24) is 9.78 Å². The van der Waals surface area contributed by atoms with Gasteiger partial charge >= 0.3 is 0 Å². The van der Waals surface area contributed by atoms with Crippen LogP contribution in [0.25, 0.3) is 10.2 Å². The molecule has 7 nitrogen and oxygen atoms in total. The molecule has 0 fully saturated rings. The van der Waals surface area contributed by atoms with Crippen molar-refractivity contribution in [3.8, 4) is 0 Å². The fraction of sp³-hybridized carbons (Fsp3) is 0.0909. The molecule has 1 aliphatic heterocycles. The van der Waals surface area contributed by atoms with Gasteiger partial charge in [0.1, 0.15) is 4.83 Å². The highest BCUT2D eigenvalue weighted by molar-refractivity contribution is 7.20. The largest absolute Gasteiger partial charge is 0.321 e. The Balaban J connectivity index is 1.41. The number of hydrogen-bond donors (Lipinski definition) is 1. The molecule has 3 heterocycles. The molecular formula is C22H15ClN4O3S. The summed E-state index contributed by atoms with van der Waals surface area (Å²) in [6.07, 6.45) is 0. The number of carbonyl (C=O) groups is 3. The fourth-order valence-electron chi connectivity index (χ4n) is 3.68. The topological polar surface area (TPSA) is 84.3 Å². The molecule has 1 N–H and O–H groups in total. The van der Waals surface area contributed by atoms with Gasteiger partial charge in [-0.25, -0.2) is 4.90 Å². The summed E-state index contributed by atoms with van der Waals surface area (Å²) in [5.41, 5.74) is 2.28. The summed E-state index contributed by atoms with van der Waals surface area (Å²) >= 11 is 7.75. The van der Waals surface area contributed by atoms with Crippen molar-refractivity contribution in [2.24, 2.45) is 7.05 Å². The van der Waals surface area contributed by atoms with E-state index < -0.39 is 11.8 Å². The zero-order valence-corrected chi connectivity index (χ0v) is 18.0. The molecule has 2 aromatic carbocycles. The number of imide groups is 1. The molecule has 0 unspecified atom stereocenters. The lowest BCUT2D eigenvalue weighted by Crippen LogP contribution is -2.29. The van der Waals surface area contributed by atoms with Crippen LogP contribution in [0.3, 0.4) is 0 Å². The summed E-state index contributed by atoms with van der Waals surface area (Å²) in [5, 5.41) is 8.28. The molecule has 31 heavy (non-hydrogen) atoms. The van der Waals surface area contributed by atoms with E-state index in [9.17, 15) is 14.4 Å². The third kappa shape index (κ3) is 3.03. The zero-order chi connectivity index (χ0) is 21.9. The first-order valence-corrected chi connectivity index (χ1v) is 10.6. The number of amides is 3. The summed E-state index contributed by atoms with van der Waals surface area (Å²) < 4.78 is 1.75. The molecule has 1 aliphatic rings. The van der Waals surface area contributed by atoms with Crippen molar-refractivity contribution >= 4 is 62.3 Å². The Morgan fingerprint density at radius 3 is 2.35 bits per heavy atom. The second-order valence-electron chi connectivity index (χ2n) is 7.15. The average molecular weight is 451 g/mol. The number of nitrogens with zero attached hydrogens (tertiary/aromatic N) is 3. The van der Waals surface area contributed by atoms with Gasteiger partial charge in [-0.05, 0) is 43.3 Å². The van der Waals surface area contributed by atoms with Crippen LogP contribution in [0.2, 0.25) is 5.02 Å². The maximum atomic E-state index is 12.7. The number of benzene rings is 2. The minimum atomic E-state index is -0.423. The van der Waals surface area contributed by atoms with Gasteiger partial charge in [-0.15, -0.1) is 11.3 Å². The first kappa shape index (κ1) is 19.5. The molecule has 3 amide bonds. The van der Waals surface area contributed by atoms with Crippen molar-refractivity contribution in [2.45, 2.75) is 6.92 Å². The van der Waals surface area contributed by atoms with Crippen molar-refractivity contribution in [3.05, 3.63) is 75.3 Å². The van der Waals surface area contributed by atoms with Gasteiger partial charge in [0.05, 0.1) is 32.4 Å². The van der Waals surface area contributed by atoms with Gasteiger partial charge < -0.3 is 5.32 Å². The van der Waals surface area contributed by atoms with E-state index >= 15 is 0 Å². The van der Waals surface area contributed by atoms with Crippen molar-refractivity contribution in [1.29, 1.82) is 0 Å². The first-order chi connectivity index (χ1) is 14.8. The Morgan fingerprint density at radius 2 is 1.74 bits per heavy atom. The van der Waals surface area contributed by atoms with E-state index in [0.717, 1.165) is 20.8 Å². The Morgan fingerprint density at radius 1 is 1.06 bits per heavy atom. The maximum absolute atomic E-state index is 12.7. The maximum Gasteiger partial charge on any atom is 0.266 e. The summed E-state index contributed by atoms with van der Waals surface area (Å²) in [5.74, 6) is -1.12. The SMILES string of the molecule is Cc1nn(C)c2sc(C(=O)Nc3ccc(N4C(=O)c5ccccc5C4=O)c(Cl)c3)cc12. The van der Waals surface area contributed by atoms with Crippen LogP contribution < -0.4 is 10.2 Å². The highest BCUT2D eigenvalue weighted by Crippen LogP contribution is 2.35. The minimum absolute atomic E-state index is 0.184. The normalized spacial score (nSPS) is 13.2. The Bertz CT molecular complexity index is 1350. The van der Waals surface area contributed by atoms with E-state index in [1.165, 1.54) is 17.4 Å². The van der Waals surface area contributed by atoms with Crippen LogP contribution >= 0.6 is 22.9 Å². The summed E-state index contributed by atoms with van der Waals surface area (Å²) in [7, 11) is 1.84. The van der Waals surface area contributed by atoms with Gasteiger partial charge in [-0.1, -0.05) is 23.7 Å². The third-order valence-electron chi connectivity index (χ3n) is 5.16. The van der Waals surface area contributed by atoms with Crippen LogP contribution in [-0.4, -0.2) is 27.5 Å². The minimum Gasteiger partial charge on any atom is -0.321 e. The van der Waals surface area contributed by atoms with Crippen LogP contribution in [0.15, 0.2) is 48.5 Å². The highest BCUT2D eigenvalue weighted by Gasteiger charge is 2.37. The number of thiophene rings is 1. The number of carbonyl (C=O) groups excluding carboxylic acids is 3. The van der Waals surface area contributed by atoms with Crippen LogP contribution in [0.5, 0.6) is 0 Å². The van der Waals surface area contributed by atoms with Crippen LogP contribution in [0, 0.1) is 6.92 Å². The van der Waals surface area contributed by atoms with E-state index in [4.69, 9.17) is 11.6 Å². The predicted molar refractivity (Wildman–Crippen MR) is 120 cm³/mol. The van der Waals surface area contributed by atoms with E-state index in [1.807, 2.05) is 20.0 Å². The fourth-order valence-corrected chi connectivity index (χ4v) is 4.97. The number of anilines is 2. The molecule has 0 spiro atoms. The number of hydrogen-bond acceptors (Lipinski definition) is 5. The molecule has 0 aliphatic carbocycles. The van der Waals surface area contributed by atoms with Crippen LogP contribution in [0.1, 0.15) is 36.1 Å². The van der Waals surface area contributed by atoms with Crippen LogP contribution in [0.4, 0.5) is 11.4 Å². The van der Waals surface area contributed by atoms with Gasteiger partial charge in [0.25, 0.3) is 17.7 Å². The second kappa shape index (κ2) is 7.04. The van der Waals surface area contributed by atoms with E-state index in [0.29, 0.717) is 21.7 Å². The number of aromatic nitrogens is 2. The summed E-state index contributed by atoms with van der Waals surface area (Å²) in [4.78, 5) is 40.6. The number of aryl methyl sites for hydroxylation is 2. The van der Waals surface area contributed by atoms with E-state index in [2.05, 4.69) is 10.4 Å². The number of nitrogens with one attached hydrogen (secondary N) is 1. The van der Waals surface area contributed by atoms with Crippen molar-refractivity contribution < 1.29 is 14.4 Å². The van der Waals surface area contributed by atoms with Crippen molar-refractivity contribution in [3.63, 3.8) is 0 Å². The summed E-state index contributed by atoms with van der Waals surface area (Å²) in [6, 6.07) is 13.1. The van der Waals surface area contributed by atoms with Crippen molar-refractivity contribution in [2.75, 3.05) is 10.2 Å². The lowest BCUT2D eigenvalue weighted by Gasteiger charge is -2.16.